The van der Waals surface area contributed by atoms with Gasteiger partial charge in [0.15, 0.2) is 0 Å². The minimum Gasteiger partial charge on any atom is -0.126 e. The minimum absolute atomic E-state index is 0.501. The van der Waals surface area contributed by atoms with Crippen molar-refractivity contribution >= 4 is 11.6 Å². The van der Waals surface area contributed by atoms with E-state index in [1.165, 1.54) is 12.8 Å². The number of hydrogen-bond donors (Lipinski definition) is 0. The molecule has 0 atom stereocenters. The van der Waals surface area contributed by atoms with Crippen LogP contribution in [-0.4, -0.2) is 5.88 Å². The zero-order valence-corrected chi connectivity index (χ0v) is 7.91. The first kappa shape index (κ1) is 8.39. The average molecular weight is 161 g/mol. The Morgan fingerprint density at radius 2 is 2.00 bits per heavy atom. The third-order valence-electron chi connectivity index (χ3n) is 3.00. The summed E-state index contributed by atoms with van der Waals surface area (Å²) < 4.78 is 0. The lowest BCUT2D eigenvalue weighted by Crippen LogP contribution is -2.41. The molecule has 0 heterocycles. The molecule has 1 aliphatic carbocycles. The van der Waals surface area contributed by atoms with Crippen LogP contribution in [0.1, 0.15) is 33.6 Å². The SMILES string of the molecule is CC1CC(CCl)(C(C)C)C1. The summed E-state index contributed by atoms with van der Waals surface area (Å²) in [5, 5.41) is 0. The van der Waals surface area contributed by atoms with Gasteiger partial charge in [0.1, 0.15) is 0 Å². The summed E-state index contributed by atoms with van der Waals surface area (Å²) in [6.45, 7) is 6.88. The summed E-state index contributed by atoms with van der Waals surface area (Å²) in [7, 11) is 0. The molecule has 0 bridgehead atoms. The van der Waals surface area contributed by atoms with Crippen molar-refractivity contribution < 1.29 is 0 Å². The molecule has 1 saturated carbocycles. The average Bonchev–Trinajstić information content (AvgIpc) is 1.79. The van der Waals surface area contributed by atoms with E-state index in [4.69, 9.17) is 11.6 Å². The molecule has 0 aromatic heterocycles. The number of halogens is 1. The fourth-order valence-electron chi connectivity index (χ4n) is 2.06. The van der Waals surface area contributed by atoms with Crippen LogP contribution in [0.15, 0.2) is 0 Å². The number of alkyl halides is 1. The van der Waals surface area contributed by atoms with Gasteiger partial charge in [-0.25, -0.2) is 0 Å². The fraction of sp³-hybridized carbons (Fsp3) is 1.00. The lowest BCUT2D eigenvalue weighted by molar-refractivity contribution is 0.0395. The molecule has 0 aromatic carbocycles. The van der Waals surface area contributed by atoms with Crippen LogP contribution in [0.2, 0.25) is 0 Å². The molecule has 0 amide bonds. The van der Waals surface area contributed by atoms with Crippen LogP contribution in [0.4, 0.5) is 0 Å². The second-order valence-corrected chi connectivity index (χ2v) is 4.43. The molecule has 1 fully saturated rings. The van der Waals surface area contributed by atoms with Crippen LogP contribution >= 0.6 is 11.6 Å². The van der Waals surface area contributed by atoms with Gasteiger partial charge in [0, 0.05) is 5.88 Å². The van der Waals surface area contributed by atoms with Crippen molar-refractivity contribution in [1.82, 2.24) is 0 Å². The van der Waals surface area contributed by atoms with Crippen molar-refractivity contribution in [3.63, 3.8) is 0 Å². The highest BCUT2D eigenvalue weighted by Crippen LogP contribution is 2.51. The van der Waals surface area contributed by atoms with Crippen LogP contribution in [0.3, 0.4) is 0 Å². The predicted octanol–water partition coefficient (Wildman–Crippen LogP) is 3.30. The van der Waals surface area contributed by atoms with Crippen LogP contribution in [-0.2, 0) is 0 Å². The third kappa shape index (κ3) is 1.18. The summed E-state index contributed by atoms with van der Waals surface area (Å²) in [5.74, 6) is 2.54. The molecule has 0 saturated heterocycles. The van der Waals surface area contributed by atoms with Crippen molar-refractivity contribution in [1.29, 1.82) is 0 Å². The summed E-state index contributed by atoms with van der Waals surface area (Å²) in [6.07, 6.45) is 2.68. The molecule has 1 rings (SSSR count). The van der Waals surface area contributed by atoms with Gasteiger partial charge in [-0.3, -0.25) is 0 Å². The normalized spacial score (nSPS) is 39.9. The van der Waals surface area contributed by atoms with E-state index in [2.05, 4.69) is 20.8 Å². The summed E-state index contributed by atoms with van der Waals surface area (Å²) in [5.41, 5.74) is 0.501. The molecule has 10 heavy (non-hydrogen) atoms. The lowest BCUT2D eigenvalue weighted by atomic mass is 9.58. The van der Waals surface area contributed by atoms with E-state index >= 15 is 0 Å². The van der Waals surface area contributed by atoms with Crippen molar-refractivity contribution in [2.24, 2.45) is 17.3 Å². The summed E-state index contributed by atoms with van der Waals surface area (Å²) in [4.78, 5) is 0. The van der Waals surface area contributed by atoms with Gasteiger partial charge >= 0.3 is 0 Å². The van der Waals surface area contributed by atoms with Crippen LogP contribution in [0, 0.1) is 17.3 Å². The van der Waals surface area contributed by atoms with Crippen molar-refractivity contribution in [2.45, 2.75) is 33.6 Å². The highest BCUT2D eigenvalue weighted by Gasteiger charge is 2.43. The quantitative estimate of drug-likeness (QED) is 0.544. The summed E-state index contributed by atoms with van der Waals surface area (Å²) in [6, 6.07) is 0. The van der Waals surface area contributed by atoms with Gasteiger partial charge in [-0.15, -0.1) is 11.6 Å². The zero-order chi connectivity index (χ0) is 7.78. The first-order valence-corrected chi connectivity index (χ1v) is 4.70. The van der Waals surface area contributed by atoms with Gasteiger partial charge in [-0.1, -0.05) is 20.8 Å². The highest BCUT2D eigenvalue weighted by molar-refractivity contribution is 6.18. The largest absolute Gasteiger partial charge is 0.126 e. The maximum absolute atomic E-state index is 5.92. The van der Waals surface area contributed by atoms with E-state index < -0.39 is 0 Å². The molecule has 1 aliphatic rings. The van der Waals surface area contributed by atoms with Crippen LogP contribution < -0.4 is 0 Å². The van der Waals surface area contributed by atoms with E-state index in [1.807, 2.05) is 0 Å². The smallest absolute Gasteiger partial charge is 0.0282 e. The Morgan fingerprint density at radius 3 is 2.10 bits per heavy atom. The molecule has 0 aromatic rings. The van der Waals surface area contributed by atoms with E-state index in [-0.39, 0.29) is 0 Å². The van der Waals surface area contributed by atoms with Crippen molar-refractivity contribution in [3.8, 4) is 0 Å². The molecular weight excluding hydrogens is 144 g/mol. The Labute approximate surface area is 69.0 Å². The van der Waals surface area contributed by atoms with Gasteiger partial charge in [0.05, 0.1) is 0 Å². The van der Waals surface area contributed by atoms with Gasteiger partial charge < -0.3 is 0 Å². The zero-order valence-electron chi connectivity index (χ0n) is 7.15. The molecule has 0 radical (unpaired) electrons. The topological polar surface area (TPSA) is 0 Å². The second kappa shape index (κ2) is 2.73. The van der Waals surface area contributed by atoms with Gasteiger partial charge in [0.2, 0.25) is 0 Å². The Kier molecular flexibility index (Phi) is 2.29. The molecule has 0 unspecified atom stereocenters. The first-order chi connectivity index (χ1) is 4.60. The van der Waals surface area contributed by atoms with E-state index in [0.29, 0.717) is 5.41 Å². The molecule has 0 aliphatic heterocycles. The molecule has 60 valence electrons. The molecule has 1 heteroatoms. The number of hydrogen-bond acceptors (Lipinski definition) is 0. The highest BCUT2D eigenvalue weighted by atomic mass is 35.5. The standard InChI is InChI=1S/C9H17Cl/c1-7(2)9(6-10)4-8(3)5-9/h7-8H,4-6H2,1-3H3. The van der Waals surface area contributed by atoms with E-state index in [0.717, 1.165) is 17.7 Å². The molecule has 0 nitrogen and oxygen atoms in total. The van der Waals surface area contributed by atoms with E-state index in [9.17, 15) is 0 Å². The maximum atomic E-state index is 5.92. The Balaban J connectivity index is 2.48. The van der Waals surface area contributed by atoms with Crippen LogP contribution in [0.25, 0.3) is 0 Å². The maximum Gasteiger partial charge on any atom is 0.0282 e. The van der Waals surface area contributed by atoms with E-state index in [1.54, 1.807) is 0 Å². The molecule has 0 N–H and O–H groups in total. The second-order valence-electron chi connectivity index (χ2n) is 4.16. The Hall–Kier alpha value is 0.290. The fourth-order valence-corrected chi connectivity index (χ4v) is 2.59. The van der Waals surface area contributed by atoms with Crippen LogP contribution in [0.5, 0.6) is 0 Å². The monoisotopic (exact) mass is 160 g/mol. The number of rotatable bonds is 2. The molecule has 0 spiro atoms. The predicted molar refractivity (Wildman–Crippen MR) is 46.4 cm³/mol. The Morgan fingerprint density at radius 1 is 1.50 bits per heavy atom. The Bertz CT molecular complexity index is 112. The first-order valence-electron chi connectivity index (χ1n) is 4.17. The van der Waals surface area contributed by atoms with Crippen molar-refractivity contribution in [3.05, 3.63) is 0 Å². The molecular formula is C9H17Cl. The lowest BCUT2D eigenvalue weighted by Gasteiger charge is -2.48. The van der Waals surface area contributed by atoms with Gasteiger partial charge in [-0.05, 0) is 30.1 Å². The van der Waals surface area contributed by atoms with Crippen molar-refractivity contribution in [2.75, 3.05) is 5.88 Å². The minimum atomic E-state index is 0.501. The van der Waals surface area contributed by atoms with Gasteiger partial charge in [-0.2, -0.15) is 0 Å². The third-order valence-corrected chi connectivity index (χ3v) is 3.53. The summed E-state index contributed by atoms with van der Waals surface area (Å²) >= 11 is 5.92. The van der Waals surface area contributed by atoms with Gasteiger partial charge in [0.25, 0.3) is 0 Å².